The van der Waals surface area contributed by atoms with E-state index in [0.29, 0.717) is 23.9 Å². The van der Waals surface area contributed by atoms with E-state index in [4.69, 9.17) is 0 Å². The number of aliphatic hydroxyl groups excluding tert-OH is 1. The highest BCUT2D eigenvalue weighted by Crippen LogP contribution is 2.39. The maximum absolute atomic E-state index is 13.1. The molecule has 1 amide bonds. The quantitative estimate of drug-likeness (QED) is 0.359. The van der Waals surface area contributed by atoms with Crippen molar-refractivity contribution in [3.05, 3.63) is 59.7 Å². The molecule has 9 heteroatoms. The van der Waals surface area contributed by atoms with Gasteiger partial charge in [-0.25, -0.2) is 0 Å². The summed E-state index contributed by atoms with van der Waals surface area (Å²) in [7, 11) is 0. The van der Waals surface area contributed by atoms with E-state index in [-0.39, 0.29) is 41.3 Å². The number of hydrogen-bond donors (Lipinski definition) is 4. The minimum Gasteiger partial charge on any atom is -0.505 e. The number of aromatic hydroxyl groups is 1. The molecule has 2 heterocycles. The number of carbonyl (C=O) groups is 1. The average Bonchev–Trinajstić information content (AvgIpc) is 3.47. The molecule has 180 valence electrons. The minimum atomic E-state index is -0.288. The Balaban J connectivity index is 1.58. The van der Waals surface area contributed by atoms with Crippen LogP contribution in [0.1, 0.15) is 55.6 Å². The van der Waals surface area contributed by atoms with Crippen LogP contribution in [0, 0.1) is 5.41 Å². The number of aromatic nitrogens is 2. The van der Waals surface area contributed by atoms with Gasteiger partial charge < -0.3 is 25.7 Å². The van der Waals surface area contributed by atoms with Crippen molar-refractivity contribution in [3.8, 4) is 5.75 Å². The smallest absolute Gasteiger partial charge is 0.258 e. The number of para-hydroxylation sites is 1. The molecule has 0 radical (unpaired) electrons. The van der Waals surface area contributed by atoms with Crippen LogP contribution in [-0.2, 0) is 0 Å². The summed E-state index contributed by atoms with van der Waals surface area (Å²) in [5.74, 6) is 0.615. The lowest BCUT2D eigenvalue weighted by Crippen LogP contribution is -2.37. The largest absolute Gasteiger partial charge is 0.505 e. The Labute approximate surface area is 204 Å². The zero-order chi connectivity index (χ0) is 24.3. The number of rotatable bonds is 7. The van der Waals surface area contributed by atoms with Crippen molar-refractivity contribution in [2.24, 2.45) is 5.41 Å². The molecule has 0 saturated carbocycles. The highest BCUT2D eigenvalue weighted by molar-refractivity contribution is 6.99. The van der Waals surface area contributed by atoms with Crippen LogP contribution in [0.3, 0.4) is 0 Å². The normalized spacial score (nSPS) is 16.9. The van der Waals surface area contributed by atoms with Gasteiger partial charge in [0.1, 0.15) is 0 Å². The molecule has 1 aliphatic heterocycles. The SMILES string of the molecule is CC(C)(C)[C@@H](Nc1nsnc1Nc1cccc(C(=O)N2CCC[C@H]2CO)c1O)c1ccccc1. The fourth-order valence-corrected chi connectivity index (χ4v) is 4.81. The molecule has 8 nitrogen and oxygen atoms in total. The Hall–Kier alpha value is -3.17. The Morgan fingerprint density at radius 1 is 1.15 bits per heavy atom. The van der Waals surface area contributed by atoms with Gasteiger partial charge in [0.05, 0.1) is 41.7 Å². The lowest BCUT2D eigenvalue weighted by Gasteiger charge is -2.32. The summed E-state index contributed by atoms with van der Waals surface area (Å²) < 4.78 is 8.81. The first kappa shape index (κ1) is 24.0. The maximum Gasteiger partial charge on any atom is 0.258 e. The Bertz CT molecular complexity index is 1130. The monoisotopic (exact) mass is 481 g/mol. The minimum absolute atomic E-state index is 0.0229. The van der Waals surface area contributed by atoms with Crippen molar-refractivity contribution < 1.29 is 15.0 Å². The van der Waals surface area contributed by atoms with E-state index < -0.39 is 0 Å². The first-order valence-corrected chi connectivity index (χ1v) is 12.2. The van der Waals surface area contributed by atoms with Crippen molar-refractivity contribution in [2.45, 2.75) is 45.7 Å². The van der Waals surface area contributed by atoms with Crippen molar-refractivity contribution in [1.29, 1.82) is 0 Å². The lowest BCUT2D eigenvalue weighted by molar-refractivity contribution is 0.0674. The number of benzene rings is 2. The van der Waals surface area contributed by atoms with Crippen LogP contribution >= 0.6 is 11.7 Å². The van der Waals surface area contributed by atoms with Crippen LogP contribution in [0.5, 0.6) is 5.75 Å². The number of hydrogen-bond acceptors (Lipinski definition) is 8. The topological polar surface area (TPSA) is 111 Å². The molecule has 1 aliphatic rings. The summed E-state index contributed by atoms with van der Waals surface area (Å²) in [6, 6.07) is 14.9. The fraction of sp³-hybridized carbons (Fsp3) is 0.400. The van der Waals surface area contributed by atoms with Gasteiger partial charge in [0, 0.05) is 6.54 Å². The molecule has 1 fully saturated rings. The number of amides is 1. The van der Waals surface area contributed by atoms with E-state index in [1.165, 1.54) is 0 Å². The molecular weight excluding hydrogens is 450 g/mol. The third-order valence-electron chi connectivity index (χ3n) is 6.14. The molecule has 0 unspecified atom stereocenters. The van der Waals surface area contributed by atoms with Crippen LogP contribution in [-0.4, -0.2) is 49.0 Å². The van der Waals surface area contributed by atoms with E-state index in [1.807, 2.05) is 18.2 Å². The predicted molar refractivity (Wildman–Crippen MR) is 135 cm³/mol. The third-order valence-corrected chi connectivity index (χ3v) is 6.67. The first-order valence-electron chi connectivity index (χ1n) is 11.4. The molecule has 3 aromatic rings. The maximum atomic E-state index is 13.1. The summed E-state index contributed by atoms with van der Waals surface area (Å²) in [5, 5.41) is 27.2. The Morgan fingerprint density at radius 3 is 2.59 bits per heavy atom. The second kappa shape index (κ2) is 9.99. The number of anilines is 3. The standard InChI is InChI=1S/C25H31N5O3S/c1-25(2,3)21(16-9-5-4-6-10-16)27-23-22(28-34-29-23)26-19-13-7-12-18(20(19)32)24(33)30-14-8-11-17(30)15-31/h4-7,9-10,12-13,17,21,31-32H,8,11,14-15H2,1-3H3,(H,26,28)(H,27,29)/t17-,21-/m0/s1. The van der Waals surface area contributed by atoms with E-state index in [2.05, 4.69) is 52.3 Å². The predicted octanol–water partition coefficient (Wildman–Crippen LogP) is 4.78. The van der Waals surface area contributed by atoms with Gasteiger partial charge in [-0.05, 0) is 36.0 Å². The second-order valence-electron chi connectivity index (χ2n) is 9.62. The molecule has 2 aromatic carbocycles. The van der Waals surface area contributed by atoms with Gasteiger partial charge in [-0.3, -0.25) is 4.79 Å². The number of nitrogens with zero attached hydrogens (tertiary/aromatic N) is 3. The summed E-state index contributed by atoms with van der Waals surface area (Å²) in [6.07, 6.45) is 1.60. The highest BCUT2D eigenvalue weighted by Gasteiger charge is 2.31. The van der Waals surface area contributed by atoms with Crippen LogP contribution in [0.2, 0.25) is 0 Å². The zero-order valence-electron chi connectivity index (χ0n) is 19.7. The fourth-order valence-electron chi connectivity index (χ4n) is 4.34. The van der Waals surface area contributed by atoms with Gasteiger partial charge in [0.15, 0.2) is 17.4 Å². The first-order chi connectivity index (χ1) is 16.3. The molecule has 0 aliphatic carbocycles. The van der Waals surface area contributed by atoms with Gasteiger partial charge in [0.2, 0.25) is 0 Å². The van der Waals surface area contributed by atoms with Crippen molar-refractivity contribution in [3.63, 3.8) is 0 Å². The van der Waals surface area contributed by atoms with E-state index in [9.17, 15) is 15.0 Å². The summed E-state index contributed by atoms with van der Waals surface area (Å²) in [4.78, 5) is 14.7. The number of phenolic OH excluding ortho intramolecular Hbond substituents is 1. The van der Waals surface area contributed by atoms with E-state index in [0.717, 1.165) is 30.1 Å². The summed E-state index contributed by atoms with van der Waals surface area (Å²) >= 11 is 1.06. The zero-order valence-corrected chi connectivity index (χ0v) is 20.5. The number of nitrogens with one attached hydrogen (secondary N) is 2. The molecule has 34 heavy (non-hydrogen) atoms. The van der Waals surface area contributed by atoms with Gasteiger partial charge in [-0.15, -0.1) is 0 Å². The van der Waals surface area contributed by atoms with Gasteiger partial charge in [0.25, 0.3) is 5.91 Å². The molecule has 1 saturated heterocycles. The summed E-state index contributed by atoms with van der Waals surface area (Å²) in [6.45, 7) is 6.95. The van der Waals surface area contributed by atoms with Gasteiger partial charge in [-0.1, -0.05) is 57.2 Å². The van der Waals surface area contributed by atoms with Crippen LogP contribution in [0.15, 0.2) is 48.5 Å². The van der Waals surface area contributed by atoms with E-state index >= 15 is 0 Å². The third kappa shape index (κ3) is 5.00. The Kier molecular flexibility index (Phi) is 7.04. The van der Waals surface area contributed by atoms with Crippen LogP contribution < -0.4 is 10.6 Å². The van der Waals surface area contributed by atoms with Crippen molar-refractivity contribution >= 4 is 35.0 Å². The number of aliphatic hydroxyl groups is 1. The molecule has 1 aromatic heterocycles. The highest BCUT2D eigenvalue weighted by atomic mass is 32.1. The molecule has 0 spiro atoms. The average molecular weight is 482 g/mol. The molecule has 2 atom stereocenters. The second-order valence-corrected chi connectivity index (χ2v) is 10.1. The molecule has 0 bridgehead atoms. The molecule has 4 rings (SSSR count). The lowest BCUT2D eigenvalue weighted by atomic mass is 9.82. The van der Waals surface area contributed by atoms with Gasteiger partial charge >= 0.3 is 0 Å². The molecule has 4 N–H and O–H groups in total. The van der Waals surface area contributed by atoms with E-state index in [1.54, 1.807) is 23.1 Å². The van der Waals surface area contributed by atoms with Crippen LogP contribution in [0.4, 0.5) is 17.3 Å². The van der Waals surface area contributed by atoms with Crippen molar-refractivity contribution in [1.82, 2.24) is 13.6 Å². The van der Waals surface area contributed by atoms with Crippen molar-refractivity contribution in [2.75, 3.05) is 23.8 Å². The summed E-state index contributed by atoms with van der Waals surface area (Å²) in [5.41, 5.74) is 1.59. The Morgan fingerprint density at radius 2 is 1.88 bits per heavy atom. The number of carbonyl (C=O) groups excluding carboxylic acids is 1. The van der Waals surface area contributed by atoms with Gasteiger partial charge in [-0.2, -0.15) is 8.75 Å². The number of likely N-dealkylation sites (tertiary alicyclic amines) is 1. The number of phenols is 1. The van der Waals surface area contributed by atoms with Crippen LogP contribution in [0.25, 0.3) is 0 Å². The molecular formula is C25H31N5O3S.